The lowest BCUT2D eigenvalue weighted by molar-refractivity contribution is 0.0995. The van der Waals surface area contributed by atoms with E-state index >= 15 is 0 Å². The number of aromatic amines is 1. The fourth-order valence-electron chi connectivity index (χ4n) is 3.21. The normalized spacial score (nSPS) is 24.6. The van der Waals surface area contributed by atoms with E-state index < -0.39 is 5.91 Å². The van der Waals surface area contributed by atoms with Crippen LogP contribution in [0.15, 0.2) is 6.07 Å². The number of nitrogens with two attached hydrogens (primary N) is 1. The molecular weight excluding hydrogens is 298 g/mol. The van der Waals surface area contributed by atoms with Gasteiger partial charge in [0.05, 0.1) is 6.10 Å². The van der Waals surface area contributed by atoms with Crippen LogP contribution in [0.1, 0.15) is 47.8 Å². The van der Waals surface area contributed by atoms with E-state index in [1.54, 1.807) is 6.07 Å². The Hall–Kier alpha value is -2.09. The number of nitrogens with zero attached hydrogens (tertiary/aromatic N) is 2. The van der Waals surface area contributed by atoms with Crippen LogP contribution in [0, 0.1) is 0 Å². The average molecular weight is 321 g/mol. The number of rotatable bonds is 4. The molecule has 2 aliphatic rings. The highest BCUT2D eigenvalue weighted by Crippen LogP contribution is 2.26. The van der Waals surface area contributed by atoms with Crippen LogP contribution in [-0.4, -0.2) is 59.4 Å². The summed E-state index contributed by atoms with van der Waals surface area (Å²) in [4.78, 5) is 25.3. The standard InChI is InChI=1S/C15H23N5O3/c16-14(21)13-7-12(18-19-13)10-3-1-5-20(9-10)15(22)17-8-11-4-2-6-23-11/h7,10-11H,1-6,8-9H2,(H2,16,21)(H,17,22)(H,18,19)/t10-,11-/m1/s1. The monoisotopic (exact) mass is 321 g/mol. The summed E-state index contributed by atoms with van der Waals surface area (Å²) in [6, 6.07) is 1.63. The lowest BCUT2D eigenvalue weighted by Gasteiger charge is -2.32. The average Bonchev–Trinajstić information content (AvgIpc) is 3.24. The SMILES string of the molecule is NC(=O)c1cc([C@@H]2CCCN(C(=O)NC[C@H]3CCCO3)C2)[nH]n1. The maximum absolute atomic E-state index is 12.3. The first-order valence-corrected chi connectivity index (χ1v) is 8.13. The summed E-state index contributed by atoms with van der Waals surface area (Å²) in [5.41, 5.74) is 6.32. The third-order valence-electron chi connectivity index (χ3n) is 4.50. The van der Waals surface area contributed by atoms with E-state index in [-0.39, 0.29) is 23.7 Å². The molecule has 0 bridgehead atoms. The first kappa shape index (κ1) is 15.8. The molecule has 0 radical (unpaired) electrons. The van der Waals surface area contributed by atoms with E-state index in [4.69, 9.17) is 10.5 Å². The number of hydrogen-bond donors (Lipinski definition) is 3. The first-order valence-electron chi connectivity index (χ1n) is 8.13. The quantitative estimate of drug-likeness (QED) is 0.752. The van der Waals surface area contributed by atoms with Gasteiger partial charge in [-0.15, -0.1) is 0 Å². The first-order chi connectivity index (χ1) is 11.1. The Morgan fingerprint density at radius 3 is 3.00 bits per heavy atom. The predicted molar refractivity (Wildman–Crippen MR) is 83.0 cm³/mol. The maximum atomic E-state index is 12.3. The second kappa shape index (κ2) is 6.99. The number of piperidine rings is 1. The Labute approximate surface area is 134 Å². The van der Waals surface area contributed by atoms with Crippen LogP contribution in [0.4, 0.5) is 4.79 Å². The lowest BCUT2D eigenvalue weighted by atomic mass is 9.95. The molecule has 2 atom stereocenters. The van der Waals surface area contributed by atoms with Crippen molar-refractivity contribution in [2.75, 3.05) is 26.2 Å². The molecule has 8 nitrogen and oxygen atoms in total. The highest BCUT2D eigenvalue weighted by molar-refractivity contribution is 5.90. The van der Waals surface area contributed by atoms with Gasteiger partial charge in [-0.2, -0.15) is 5.10 Å². The van der Waals surface area contributed by atoms with Crippen LogP contribution < -0.4 is 11.1 Å². The van der Waals surface area contributed by atoms with Gasteiger partial charge in [0, 0.05) is 37.9 Å². The summed E-state index contributed by atoms with van der Waals surface area (Å²) in [7, 11) is 0. The number of primary amides is 1. The van der Waals surface area contributed by atoms with Gasteiger partial charge < -0.3 is 20.7 Å². The highest BCUT2D eigenvalue weighted by atomic mass is 16.5. The van der Waals surface area contributed by atoms with Gasteiger partial charge in [-0.25, -0.2) is 4.79 Å². The number of urea groups is 1. The van der Waals surface area contributed by atoms with E-state index in [1.165, 1.54) is 0 Å². The molecule has 3 amide bonds. The number of aromatic nitrogens is 2. The minimum absolute atomic E-state index is 0.0557. The number of amides is 3. The van der Waals surface area contributed by atoms with Gasteiger partial charge in [0.25, 0.3) is 5.91 Å². The zero-order chi connectivity index (χ0) is 16.2. The van der Waals surface area contributed by atoms with Gasteiger partial charge >= 0.3 is 6.03 Å². The van der Waals surface area contributed by atoms with Crippen LogP contribution >= 0.6 is 0 Å². The van der Waals surface area contributed by atoms with Crippen LogP contribution in [0.2, 0.25) is 0 Å². The molecule has 0 aliphatic carbocycles. The topological polar surface area (TPSA) is 113 Å². The Bertz CT molecular complexity index is 567. The van der Waals surface area contributed by atoms with Crippen molar-refractivity contribution in [3.8, 4) is 0 Å². The second-order valence-electron chi connectivity index (χ2n) is 6.18. The Balaban J connectivity index is 1.54. The third-order valence-corrected chi connectivity index (χ3v) is 4.50. The van der Waals surface area contributed by atoms with Crippen molar-refractivity contribution in [2.24, 2.45) is 5.73 Å². The molecule has 1 aromatic heterocycles. The summed E-state index contributed by atoms with van der Waals surface area (Å²) in [5.74, 6) is -0.396. The number of likely N-dealkylation sites (tertiary alicyclic amines) is 1. The number of carbonyl (C=O) groups excluding carboxylic acids is 2. The minimum atomic E-state index is -0.547. The molecule has 3 rings (SSSR count). The Kier molecular flexibility index (Phi) is 4.80. The number of hydrogen-bond acceptors (Lipinski definition) is 4. The van der Waals surface area contributed by atoms with E-state index in [0.717, 1.165) is 44.5 Å². The molecule has 2 aliphatic heterocycles. The van der Waals surface area contributed by atoms with Gasteiger partial charge in [-0.1, -0.05) is 0 Å². The molecule has 0 saturated carbocycles. The summed E-state index contributed by atoms with van der Waals surface area (Å²) in [6.07, 6.45) is 4.09. The summed E-state index contributed by atoms with van der Waals surface area (Å²) in [5, 5.41) is 9.73. The molecular formula is C15H23N5O3. The molecule has 8 heteroatoms. The molecule has 3 heterocycles. The van der Waals surface area contributed by atoms with Crippen LogP contribution in [0.5, 0.6) is 0 Å². The van der Waals surface area contributed by atoms with Crippen molar-refractivity contribution in [1.82, 2.24) is 20.4 Å². The van der Waals surface area contributed by atoms with Crippen LogP contribution in [-0.2, 0) is 4.74 Å². The molecule has 126 valence electrons. The van der Waals surface area contributed by atoms with Gasteiger partial charge in [-0.05, 0) is 31.7 Å². The van der Waals surface area contributed by atoms with Crippen molar-refractivity contribution in [1.29, 1.82) is 0 Å². The van der Waals surface area contributed by atoms with Gasteiger partial charge in [-0.3, -0.25) is 9.89 Å². The maximum Gasteiger partial charge on any atom is 0.317 e. The van der Waals surface area contributed by atoms with E-state index in [2.05, 4.69) is 15.5 Å². The highest BCUT2D eigenvalue weighted by Gasteiger charge is 2.27. The molecule has 23 heavy (non-hydrogen) atoms. The van der Waals surface area contributed by atoms with Crippen LogP contribution in [0.25, 0.3) is 0 Å². The van der Waals surface area contributed by atoms with Crippen LogP contribution in [0.3, 0.4) is 0 Å². The van der Waals surface area contributed by atoms with E-state index in [1.807, 2.05) is 4.90 Å². The molecule has 4 N–H and O–H groups in total. The molecule has 0 unspecified atom stereocenters. The van der Waals surface area contributed by atoms with Gasteiger partial charge in [0.15, 0.2) is 0 Å². The summed E-state index contributed by atoms with van der Waals surface area (Å²) >= 11 is 0. The molecule has 2 saturated heterocycles. The fourth-order valence-corrected chi connectivity index (χ4v) is 3.21. The van der Waals surface area contributed by atoms with Crippen molar-refractivity contribution < 1.29 is 14.3 Å². The Morgan fingerprint density at radius 2 is 2.30 bits per heavy atom. The predicted octanol–water partition coefficient (Wildman–Crippen LogP) is 0.577. The lowest BCUT2D eigenvalue weighted by Crippen LogP contribution is -2.46. The zero-order valence-electron chi connectivity index (χ0n) is 13.1. The van der Waals surface area contributed by atoms with E-state index in [0.29, 0.717) is 13.1 Å². The number of carbonyl (C=O) groups is 2. The van der Waals surface area contributed by atoms with Gasteiger partial charge in [0.2, 0.25) is 0 Å². The minimum Gasteiger partial charge on any atom is -0.376 e. The van der Waals surface area contributed by atoms with Crippen molar-refractivity contribution in [3.63, 3.8) is 0 Å². The third kappa shape index (κ3) is 3.82. The number of nitrogens with one attached hydrogen (secondary N) is 2. The summed E-state index contributed by atoms with van der Waals surface area (Å²) in [6.45, 7) is 2.70. The number of ether oxygens (including phenoxy) is 1. The Morgan fingerprint density at radius 1 is 1.43 bits per heavy atom. The van der Waals surface area contributed by atoms with E-state index in [9.17, 15) is 9.59 Å². The summed E-state index contributed by atoms with van der Waals surface area (Å²) < 4.78 is 5.52. The van der Waals surface area contributed by atoms with Crippen molar-refractivity contribution >= 4 is 11.9 Å². The smallest absolute Gasteiger partial charge is 0.317 e. The fraction of sp³-hybridized carbons (Fsp3) is 0.667. The van der Waals surface area contributed by atoms with Gasteiger partial charge in [0.1, 0.15) is 5.69 Å². The second-order valence-corrected chi connectivity index (χ2v) is 6.18. The largest absolute Gasteiger partial charge is 0.376 e. The molecule has 0 aromatic carbocycles. The number of H-pyrrole nitrogens is 1. The van der Waals surface area contributed by atoms with Crippen molar-refractivity contribution in [3.05, 3.63) is 17.5 Å². The molecule has 1 aromatic rings. The zero-order valence-corrected chi connectivity index (χ0v) is 13.1. The molecule has 0 spiro atoms. The van der Waals surface area contributed by atoms with Crippen molar-refractivity contribution in [2.45, 2.75) is 37.7 Å². The molecule has 2 fully saturated rings.